The number of likely N-dealkylation sites (tertiary alicyclic amines) is 1. The molecule has 6 heteroatoms. The van der Waals surface area contributed by atoms with Crippen molar-refractivity contribution in [3.05, 3.63) is 33.8 Å². The number of carbonyl (C=O) groups is 1. The van der Waals surface area contributed by atoms with Gasteiger partial charge in [-0.25, -0.2) is 0 Å². The molecule has 1 aliphatic rings. The Morgan fingerprint density at radius 2 is 1.75 bits per heavy atom. The molecular weight excluding hydrogens is 319 g/mol. The summed E-state index contributed by atoms with van der Waals surface area (Å²) < 4.78 is 0. The lowest BCUT2D eigenvalue weighted by molar-refractivity contribution is 0.0681. The van der Waals surface area contributed by atoms with Crippen molar-refractivity contribution in [2.24, 2.45) is 11.7 Å². The van der Waals surface area contributed by atoms with Crippen LogP contribution in [0.25, 0.3) is 0 Å². The van der Waals surface area contributed by atoms with Gasteiger partial charge in [0.15, 0.2) is 0 Å². The molecule has 1 atom stereocenters. The van der Waals surface area contributed by atoms with Crippen LogP contribution in [0, 0.1) is 5.92 Å². The molecular formula is C14H19Cl3N2O. The highest BCUT2D eigenvalue weighted by atomic mass is 35.5. The molecule has 20 heavy (non-hydrogen) atoms. The monoisotopic (exact) mass is 336 g/mol. The van der Waals surface area contributed by atoms with E-state index in [0.29, 0.717) is 21.5 Å². The topological polar surface area (TPSA) is 46.3 Å². The van der Waals surface area contributed by atoms with Gasteiger partial charge in [-0.05, 0) is 43.9 Å². The Bertz CT molecular complexity index is 451. The summed E-state index contributed by atoms with van der Waals surface area (Å²) in [5, 5.41) is 0.975. The number of nitrogens with two attached hydrogens (primary N) is 1. The van der Waals surface area contributed by atoms with Gasteiger partial charge in [0.05, 0.1) is 0 Å². The van der Waals surface area contributed by atoms with Crippen molar-refractivity contribution in [3.8, 4) is 0 Å². The van der Waals surface area contributed by atoms with E-state index in [9.17, 15) is 4.79 Å². The smallest absolute Gasteiger partial charge is 0.253 e. The van der Waals surface area contributed by atoms with Crippen molar-refractivity contribution in [2.45, 2.75) is 25.8 Å². The van der Waals surface area contributed by atoms with E-state index in [1.807, 2.05) is 11.8 Å². The zero-order valence-corrected chi connectivity index (χ0v) is 13.6. The quantitative estimate of drug-likeness (QED) is 0.896. The van der Waals surface area contributed by atoms with E-state index in [4.69, 9.17) is 28.9 Å². The van der Waals surface area contributed by atoms with E-state index in [1.165, 1.54) is 0 Å². The van der Waals surface area contributed by atoms with Crippen LogP contribution in [0.5, 0.6) is 0 Å². The van der Waals surface area contributed by atoms with Gasteiger partial charge >= 0.3 is 0 Å². The molecule has 1 unspecified atom stereocenters. The van der Waals surface area contributed by atoms with Gasteiger partial charge in [-0.1, -0.05) is 23.2 Å². The van der Waals surface area contributed by atoms with Crippen LogP contribution in [-0.4, -0.2) is 29.9 Å². The Morgan fingerprint density at radius 3 is 2.20 bits per heavy atom. The van der Waals surface area contributed by atoms with Crippen LogP contribution in [-0.2, 0) is 0 Å². The molecule has 2 rings (SSSR count). The van der Waals surface area contributed by atoms with Gasteiger partial charge in [0, 0.05) is 34.7 Å². The summed E-state index contributed by atoms with van der Waals surface area (Å²) in [6.45, 7) is 3.52. The molecule has 1 heterocycles. The molecule has 1 aromatic carbocycles. The summed E-state index contributed by atoms with van der Waals surface area (Å²) in [5.74, 6) is 0.500. The van der Waals surface area contributed by atoms with Crippen molar-refractivity contribution >= 4 is 41.5 Å². The maximum absolute atomic E-state index is 12.4. The Labute approximate surface area is 135 Å². The average molecular weight is 338 g/mol. The lowest BCUT2D eigenvalue weighted by Crippen LogP contribution is -2.42. The molecule has 0 aliphatic carbocycles. The number of carbonyl (C=O) groups excluding carboxylic acids is 1. The molecule has 1 aromatic rings. The molecule has 112 valence electrons. The lowest BCUT2D eigenvalue weighted by atomic mass is 9.90. The first-order chi connectivity index (χ1) is 8.97. The molecule has 0 spiro atoms. The predicted molar refractivity (Wildman–Crippen MR) is 86.0 cm³/mol. The van der Waals surface area contributed by atoms with E-state index < -0.39 is 0 Å². The number of nitrogens with zero attached hydrogens (tertiary/aromatic N) is 1. The Kier molecular flexibility index (Phi) is 6.59. The first-order valence-electron chi connectivity index (χ1n) is 6.48. The van der Waals surface area contributed by atoms with Crippen molar-refractivity contribution in [1.82, 2.24) is 4.90 Å². The molecule has 0 aromatic heterocycles. The Morgan fingerprint density at radius 1 is 1.25 bits per heavy atom. The number of piperidine rings is 1. The maximum Gasteiger partial charge on any atom is 0.253 e. The SMILES string of the molecule is CC(N)C1CCN(C(=O)c2cc(Cl)cc(Cl)c2)CC1.Cl. The maximum atomic E-state index is 12.4. The van der Waals surface area contributed by atoms with Gasteiger partial charge < -0.3 is 10.6 Å². The first-order valence-corrected chi connectivity index (χ1v) is 7.24. The van der Waals surface area contributed by atoms with Crippen LogP contribution < -0.4 is 5.73 Å². The number of halogens is 3. The second-order valence-corrected chi connectivity index (χ2v) is 6.02. The van der Waals surface area contributed by atoms with Crippen molar-refractivity contribution < 1.29 is 4.79 Å². The molecule has 1 aliphatic heterocycles. The van der Waals surface area contributed by atoms with E-state index in [0.717, 1.165) is 25.9 Å². The molecule has 3 nitrogen and oxygen atoms in total. The minimum Gasteiger partial charge on any atom is -0.339 e. The molecule has 1 fully saturated rings. The number of rotatable bonds is 2. The van der Waals surface area contributed by atoms with Crippen molar-refractivity contribution in [1.29, 1.82) is 0 Å². The van der Waals surface area contributed by atoms with Gasteiger partial charge in [0.1, 0.15) is 0 Å². The minimum atomic E-state index is -0.00692. The van der Waals surface area contributed by atoms with E-state index in [2.05, 4.69) is 0 Å². The highest BCUT2D eigenvalue weighted by molar-refractivity contribution is 6.35. The summed E-state index contributed by atoms with van der Waals surface area (Å²) in [7, 11) is 0. The number of benzene rings is 1. The summed E-state index contributed by atoms with van der Waals surface area (Å²) in [4.78, 5) is 14.2. The second kappa shape index (κ2) is 7.51. The molecule has 0 saturated carbocycles. The fourth-order valence-electron chi connectivity index (χ4n) is 2.49. The average Bonchev–Trinajstić information content (AvgIpc) is 2.37. The summed E-state index contributed by atoms with van der Waals surface area (Å²) >= 11 is 11.9. The number of hydrogen-bond donors (Lipinski definition) is 1. The first kappa shape index (κ1) is 17.6. The third-order valence-electron chi connectivity index (χ3n) is 3.68. The Hall–Kier alpha value is -0.480. The van der Waals surface area contributed by atoms with Crippen LogP contribution in [0.15, 0.2) is 18.2 Å². The van der Waals surface area contributed by atoms with Gasteiger partial charge in [-0.2, -0.15) is 0 Å². The summed E-state index contributed by atoms with van der Waals surface area (Å²) in [5.41, 5.74) is 6.45. The highest BCUT2D eigenvalue weighted by Gasteiger charge is 2.25. The van der Waals surface area contributed by atoms with Gasteiger partial charge in [0.2, 0.25) is 0 Å². The van der Waals surface area contributed by atoms with Crippen LogP contribution >= 0.6 is 35.6 Å². The van der Waals surface area contributed by atoms with Gasteiger partial charge in [-0.3, -0.25) is 4.79 Å². The van der Waals surface area contributed by atoms with Crippen LogP contribution in [0.4, 0.5) is 0 Å². The summed E-state index contributed by atoms with van der Waals surface area (Å²) in [6, 6.07) is 5.14. The zero-order valence-electron chi connectivity index (χ0n) is 11.3. The van der Waals surface area contributed by atoms with E-state index >= 15 is 0 Å². The second-order valence-electron chi connectivity index (χ2n) is 5.15. The lowest BCUT2D eigenvalue weighted by Gasteiger charge is -2.33. The minimum absolute atomic E-state index is 0. The van der Waals surface area contributed by atoms with E-state index in [1.54, 1.807) is 18.2 Å². The predicted octanol–water partition coefficient (Wildman–Crippen LogP) is 3.61. The van der Waals surface area contributed by atoms with Crippen molar-refractivity contribution in [2.75, 3.05) is 13.1 Å². The molecule has 1 saturated heterocycles. The molecule has 1 amide bonds. The molecule has 0 radical (unpaired) electrons. The normalized spacial score (nSPS) is 17.5. The number of amides is 1. The van der Waals surface area contributed by atoms with E-state index in [-0.39, 0.29) is 24.4 Å². The fraction of sp³-hybridized carbons (Fsp3) is 0.500. The van der Waals surface area contributed by atoms with Gasteiger partial charge in [0.25, 0.3) is 5.91 Å². The Balaban J connectivity index is 0.00000200. The van der Waals surface area contributed by atoms with Crippen LogP contribution in [0.3, 0.4) is 0 Å². The van der Waals surface area contributed by atoms with Crippen LogP contribution in [0.1, 0.15) is 30.1 Å². The fourth-order valence-corrected chi connectivity index (χ4v) is 3.01. The molecule has 2 N–H and O–H groups in total. The third kappa shape index (κ3) is 4.26. The third-order valence-corrected chi connectivity index (χ3v) is 4.12. The van der Waals surface area contributed by atoms with Gasteiger partial charge in [-0.15, -0.1) is 12.4 Å². The zero-order chi connectivity index (χ0) is 14.0. The largest absolute Gasteiger partial charge is 0.339 e. The standard InChI is InChI=1S/C14H18Cl2N2O.ClH/c1-9(17)10-2-4-18(5-3-10)14(19)11-6-12(15)8-13(16)7-11;/h6-10H,2-5,17H2,1H3;1H. The molecule has 0 bridgehead atoms. The highest BCUT2D eigenvalue weighted by Crippen LogP contribution is 2.24. The van der Waals surface area contributed by atoms with Crippen molar-refractivity contribution in [3.63, 3.8) is 0 Å². The van der Waals surface area contributed by atoms with Crippen LogP contribution in [0.2, 0.25) is 10.0 Å². The number of hydrogen-bond acceptors (Lipinski definition) is 2. The summed E-state index contributed by atoms with van der Waals surface area (Å²) in [6.07, 6.45) is 1.91.